The summed E-state index contributed by atoms with van der Waals surface area (Å²) < 4.78 is 5.74. The number of ether oxygens (including phenoxy) is 1. The average molecular weight is 290 g/mol. The Kier molecular flexibility index (Phi) is 5.33. The van der Waals surface area contributed by atoms with Crippen molar-refractivity contribution in [3.8, 4) is 5.75 Å². The molecule has 1 aromatic carbocycles. The number of ketones is 1. The van der Waals surface area contributed by atoms with E-state index in [9.17, 15) is 9.59 Å². The molecule has 1 unspecified atom stereocenters. The van der Waals surface area contributed by atoms with Gasteiger partial charge in [-0.1, -0.05) is 19.1 Å². The summed E-state index contributed by atoms with van der Waals surface area (Å²) in [6.07, 6.45) is 0.788. The number of piperazine rings is 1. The smallest absolute Gasteiger partial charge is 0.237 e. The number of hydrogen-bond acceptors (Lipinski definition) is 4. The average Bonchev–Trinajstić information content (AvgIpc) is 2.48. The Bertz CT molecular complexity index is 516. The zero-order valence-electron chi connectivity index (χ0n) is 12.6. The topological polar surface area (TPSA) is 58.6 Å². The van der Waals surface area contributed by atoms with Crippen molar-refractivity contribution in [1.29, 1.82) is 0 Å². The lowest BCUT2D eigenvalue weighted by atomic mass is 10.1. The van der Waals surface area contributed by atoms with Gasteiger partial charge in [0.1, 0.15) is 12.4 Å². The molecule has 1 fully saturated rings. The lowest BCUT2D eigenvalue weighted by molar-refractivity contribution is -0.129. The van der Waals surface area contributed by atoms with E-state index in [1.54, 1.807) is 12.1 Å². The molecule has 0 aliphatic carbocycles. The maximum Gasteiger partial charge on any atom is 0.237 e. The van der Waals surface area contributed by atoms with E-state index in [-0.39, 0.29) is 17.7 Å². The first kappa shape index (κ1) is 15.5. The molecule has 5 nitrogen and oxygen atoms in total. The second-order valence-corrected chi connectivity index (χ2v) is 5.15. The van der Waals surface area contributed by atoms with Crippen LogP contribution in [0.1, 0.15) is 30.6 Å². The van der Waals surface area contributed by atoms with Gasteiger partial charge >= 0.3 is 0 Å². The highest BCUT2D eigenvalue weighted by molar-refractivity contribution is 5.96. The van der Waals surface area contributed by atoms with E-state index >= 15 is 0 Å². The summed E-state index contributed by atoms with van der Waals surface area (Å²) in [5, 5.41) is 2.88. The molecule has 0 saturated carbocycles. The molecule has 0 bridgehead atoms. The maximum absolute atomic E-state index is 11.8. The van der Waals surface area contributed by atoms with Crippen LogP contribution in [0.15, 0.2) is 24.3 Å². The fourth-order valence-electron chi connectivity index (χ4n) is 2.63. The third-order valence-corrected chi connectivity index (χ3v) is 3.73. The second-order valence-electron chi connectivity index (χ2n) is 5.15. The Balaban J connectivity index is 1.92. The number of rotatable bonds is 6. The van der Waals surface area contributed by atoms with Crippen molar-refractivity contribution < 1.29 is 14.3 Å². The van der Waals surface area contributed by atoms with Crippen LogP contribution >= 0.6 is 0 Å². The van der Waals surface area contributed by atoms with Crippen molar-refractivity contribution in [2.24, 2.45) is 0 Å². The summed E-state index contributed by atoms with van der Waals surface area (Å²) in [7, 11) is 0. The predicted octanol–water partition coefficient (Wildman–Crippen LogP) is 1.48. The highest BCUT2D eigenvalue weighted by Gasteiger charge is 2.27. The third kappa shape index (κ3) is 3.82. The van der Waals surface area contributed by atoms with E-state index in [0.717, 1.165) is 13.0 Å². The van der Waals surface area contributed by atoms with Crippen LogP contribution in [0.4, 0.5) is 0 Å². The second kappa shape index (κ2) is 7.22. The molecule has 0 radical (unpaired) electrons. The van der Waals surface area contributed by atoms with Gasteiger partial charge in [0.15, 0.2) is 5.78 Å². The standard InChI is InChI=1S/C16H22N2O3/c1-3-14-16(20)17-8-9-18(14)10-11-21-15-7-5-4-6-13(15)12(2)19/h4-7,14H,3,8-11H2,1-2H3,(H,17,20). The number of Topliss-reactive ketones (excluding diaryl/α,β-unsaturated/α-hetero) is 1. The Hall–Kier alpha value is -1.88. The lowest BCUT2D eigenvalue weighted by Gasteiger charge is -2.34. The van der Waals surface area contributed by atoms with Gasteiger partial charge in [-0.05, 0) is 25.5 Å². The molecule has 1 N–H and O–H groups in total. The van der Waals surface area contributed by atoms with E-state index in [4.69, 9.17) is 4.74 Å². The third-order valence-electron chi connectivity index (χ3n) is 3.73. The number of benzene rings is 1. The van der Waals surface area contributed by atoms with Crippen LogP contribution in [-0.2, 0) is 4.79 Å². The summed E-state index contributed by atoms with van der Waals surface area (Å²) in [5.41, 5.74) is 0.598. The van der Waals surface area contributed by atoms with Crippen molar-refractivity contribution >= 4 is 11.7 Å². The molecule has 1 aliphatic rings. The molecule has 1 aromatic rings. The van der Waals surface area contributed by atoms with Gasteiger partial charge in [0.25, 0.3) is 0 Å². The van der Waals surface area contributed by atoms with Crippen molar-refractivity contribution in [3.05, 3.63) is 29.8 Å². The van der Waals surface area contributed by atoms with Crippen LogP contribution < -0.4 is 10.1 Å². The monoisotopic (exact) mass is 290 g/mol. The van der Waals surface area contributed by atoms with Gasteiger partial charge in [-0.3, -0.25) is 14.5 Å². The van der Waals surface area contributed by atoms with Gasteiger partial charge in [0, 0.05) is 19.6 Å². The van der Waals surface area contributed by atoms with E-state index in [1.165, 1.54) is 6.92 Å². The zero-order chi connectivity index (χ0) is 15.2. The molecule has 5 heteroatoms. The molecule has 1 saturated heterocycles. The first-order valence-corrected chi connectivity index (χ1v) is 7.38. The van der Waals surface area contributed by atoms with Gasteiger partial charge in [0.2, 0.25) is 5.91 Å². The number of hydrogen-bond donors (Lipinski definition) is 1. The highest BCUT2D eigenvalue weighted by atomic mass is 16.5. The largest absolute Gasteiger partial charge is 0.491 e. The molecule has 1 atom stereocenters. The Morgan fingerprint density at radius 2 is 2.19 bits per heavy atom. The fourth-order valence-corrected chi connectivity index (χ4v) is 2.63. The van der Waals surface area contributed by atoms with Crippen LogP contribution in [0.5, 0.6) is 5.75 Å². The van der Waals surface area contributed by atoms with Crippen molar-refractivity contribution in [2.45, 2.75) is 26.3 Å². The molecule has 2 rings (SSSR count). The normalized spacial score (nSPS) is 19.1. The molecule has 21 heavy (non-hydrogen) atoms. The van der Waals surface area contributed by atoms with Gasteiger partial charge in [-0.25, -0.2) is 0 Å². The number of para-hydroxylation sites is 1. The summed E-state index contributed by atoms with van der Waals surface area (Å²) in [6.45, 7) is 6.20. The minimum Gasteiger partial charge on any atom is -0.491 e. The molecule has 0 aromatic heterocycles. The Morgan fingerprint density at radius 3 is 2.90 bits per heavy atom. The van der Waals surface area contributed by atoms with Gasteiger partial charge in [-0.15, -0.1) is 0 Å². The highest BCUT2D eigenvalue weighted by Crippen LogP contribution is 2.18. The molecule has 1 aliphatic heterocycles. The molecule has 1 amide bonds. The van der Waals surface area contributed by atoms with Gasteiger partial charge < -0.3 is 10.1 Å². The SMILES string of the molecule is CCC1C(=O)NCCN1CCOc1ccccc1C(C)=O. The van der Waals surface area contributed by atoms with Gasteiger partial charge in [0.05, 0.1) is 11.6 Å². The minimum atomic E-state index is -0.0783. The zero-order valence-corrected chi connectivity index (χ0v) is 12.6. The molecular formula is C16H22N2O3. The van der Waals surface area contributed by atoms with Crippen molar-refractivity contribution in [2.75, 3.05) is 26.2 Å². The van der Waals surface area contributed by atoms with Gasteiger partial charge in [-0.2, -0.15) is 0 Å². The minimum absolute atomic E-state index is 0.00520. The van der Waals surface area contributed by atoms with Crippen LogP contribution in [-0.4, -0.2) is 48.9 Å². The number of carbonyl (C=O) groups is 2. The number of nitrogens with zero attached hydrogens (tertiary/aromatic N) is 1. The number of amides is 1. The summed E-state index contributed by atoms with van der Waals surface area (Å²) in [5.74, 6) is 0.696. The van der Waals surface area contributed by atoms with Crippen LogP contribution in [0.2, 0.25) is 0 Å². The molecule has 1 heterocycles. The van der Waals surface area contributed by atoms with E-state index in [2.05, 4.69) is 10.2 Å². The number of nitrogens with one attached hydrogen (secondary N) is 1. The van der Waals surface area contributed by atoms with Crippen LogP contribution in [0.3, 0.4) is 0 Å². The lowest BCUT2D eigenvalue weighted by Crippen LogP contribution is -2.55. The van der Waals surface area contributed by atoms with E-state index < -0.39 is 0 Å². The summed E-state index contributed by atoms with van der Waals surface area (Å²) in [6, 6.07) is 7.17. The van der Waals surface area contributed by atoms with Crippen molar-refractivity contribution in [3.63, 3.8) is 0 Å². The van der Waals surface area contributed by atoms with E-state index in [0.29, 0.717) is 31.0 Å². The number of carbonyl (C=O) groups excluding carboxylic acids is 2. The first-order valence-electron chi connectivity index (χ1n) is 7.38. The quantitative estimate of drug-likeness (QED) is 0.806. The first-order chi connectivity index (χ1) is 10.1. The predicted molar refractivity (Wildman–Crippen MR) is 80.6 cm³/mol. The maximum atomic E-state index is 11.8. The van der Waals surface area contributed by atoms with Crippen LogP contribution in [0.25, 0.3) is 0 Å². The van der Waals surface area contributed by atoms with Crippen molar-refractivity contribution in [1.82, 2.24) is 10.2 Å². The molecule has 114 valence electrons. The Labute approximate surface area is 125 Å². The van der Waals surface area contributed by atoms with Crippen LogP contribution in [0, 0.1) is 0 Å². The van der Waals surface area contributed by atoms with E-state index in [1.807, 2.05) is 19.1 Å². The summed E-state index contributed by atoms with van der Waals surface area (Å²) in [4.78, 5) is 25.4. The molecular weight excluding hydrogens is 268 g/mol. The Morgan fingerprint density at radius 1 is 1.43 bits per heavy atom. The fraction of sp³-hybridized carbons (Fsp3) is 0.500. The summed E-state index contributed by atoms with van der Waals surface area (Å²) >= 11 is 0. The molecule has 0 spiro atoms.